The van der Waals surface area contributed by atoms with E-state index in [-0.39, 0.29) is 12.1 Å². The van der Waals surface area contributed by atoms with E-state index in [9.17, 15) is 10.4 Å². The molecule has 2 aliphatic heterocycles. The Morgan fingerprint density at radius 2 is 1.91 bits per heavy atom. The molecular formula is C29H27ClN2O2. The van der Waals surface area contributed by atoms with Gasteiger partial charge in [0.15, 0.2) is 0 Å². The van der Waals surface area contributed by atoms with Crippen LogP contribution in [0.25, 0.3) is 5.57 Å². The maximum atomic E-state index is 10.3. The molecule has 1 N–H and O–H groups in total. The van der Waals surface area contributed by atoms with Gasteiger partial charge in [-0.1, -0.05) is 54.1 Å². The van der Waals surface area contributed by atoms with Gasteiger partial charge in [0, 0.05) is 29.7 Å². The summed E-state index contributed by atoms with van der Waals surface area (Å²) in [5.74, 6) is 0.807. The van der Waals surface area contributed by atoms with Gasteiger partial charge >= 0.3 is 0 Å². The van der Waals surface area contributed by atoms with E-state index >= 15 is 0 Å². The van der Waals surface area contributed by atoms with Gasteiger partial charge in [-0.05, 0) is 71.9 Å². The summed E-state index contributed by atoms with van der Waals surface area (Å²) in [5.41, 5.74) is 6.18. The number of hydrogen-bond donors (Lipinski definition) is 1. The van der Waals surface area contributed by atoms with Crippen LogP contribution in [0.5, 0.6) is 5.75 Å². The van der Waals surface area contributed by atoms with Crippen LogP contribution < -0.4 is 4.74 Å². The highest BCUT2D eigenvalue weighted by Crippen LogP contribution is 2.38. The number of benzene rings is 3. The summed E-state index contributed by atoms with van der Waals surface area (Å²) in [6.07, 6.45) is 4.35. The third-order valence-electron chi connectivity index (χ3n) is 6.79. The van der Waals surface area contributed by atoms with E-state index in [2.05, 4.69) is 47.4 Å². The Morgan fingerprint density at radius 1 is 1.09 bits per heavy atom. The first-order valence-corrected chi connectivity index (χ1v) is 12.1. The Morgan fingerprint density at radius 3 is 2.74 bits per heavy atom. The van der Waals surface area contributed by atoms with Gasteiger partial charge in [0.25, 0.3) is 0 Å². The smallest absolute Gasteiger partial charge is 0.127 e. The van der Waals surface area contributed by atoms with Crippen LogP contribution in [0.3, 0.4) is 0 Å². The van der Waals surface area contributed by atoms with Crippen LogP contribution in [0.4, 0.5) is 0 Å². The van der Waals surface area contributed by atoms with Crippen molar-refractivity contribution in [2.75, 3.05) is 13.1 Å². The van der Waals surface area contributed by atoms with Gasteiger partial charge in [-0.25, -0.2) is 0 Å². The Hall–Kier alpha value is -3.10. The maximum absolute atomic E-state index is 10.3. The second-order valence-electron chi connectivity index (χ2n) is 8.96. The minimum absolute atomic E-state index is 0.168. The molecule has 5 heteroatoms. The van der Waals surface area contributed by atoms with Crippen LogP contribution in [0.15, 0.2) is 72.8 Å². The first kappa shape index (κ1) is 22.7. The number of halogens is 1. The van der Waals surface area contributed by atoms with Crippen molar-refractivity contribution in [3.05, 3.63) is 106 Å². The average molecular weight is 471 g/mol. The Labute approximate surface area is 205 Å². The van der Waals surface area contributed by atoms with Gasteiger partial charge in [-0.15, -0.1) is 0 Å². The molecule has 5 rings (SSSR count). The number of hydrogen-bond acceptors (Lipinski definition) is 4. The minimum atomic E-state index is -0.280. The molecule has 0 spiro atoms. The van der Waals surface area contributed by atoms with Crippen molar-refractivity contribution < 1.29 is 9.84 Å². The van der Waals surface area contributed by atoms with Crippen LogP contribution in [0.1, 0.15) is 53.1 Å². The highest BCUT2D eigenvalue weighted by Gasteiger charge is 2.28. The molecule has 0 radical (unpaired) electrons. The van der Waals surface area contributed by atoms with Gasteiger partial charge < -0.3 is 9.84 Å². The molecule has 1 fully saturated rings. The fraction of sp³-hybridized carbons (Fsp3) is 0.276. The van der Waals surface area contributed by atoms with Gasteiger partial charge in [0.05, 0.1) is 17.7 Å². The second-order valence-corrected chi connectivity index (χ2v) is 9.39. The summed E-state index contributed by atoms with van der Waals surface area (Å²) >= 11 is 6.10. The average Bonchev–Trinajstić information content (AvgIpc) is 3.02. The van der Waals surface area contributed by atoms with E-state index in [1.165, 1.54) is 5.56 Å². The van der Waals surface area contributed by atoms with Crippen LogP contribution >= 0.6 is 11.6 Å². The zero-order valence-electron chi connectivity index (χ0n) is 19.0. The van der Waals surface area contributed by atoms with Gasteiger partial charge in [0.2, 0.25) is 0 Å². The molecule has 1 saturated heterocycles. The highest BCUT2D eigenvalue weighted by molar-refractivity contribution is 6.30. The van der Waals surface area contributed by atoms with Crippen molar-refractivity contribution in [2.24, 2.45) is 0 Å². The number of aliphatic hydroxyl groups excluding tert-OH is 1. The second kappa shape index (κ2) is 10.0. The number of ether oxygens (including phenoxy) is 1. The molecule has 0 aromatic heterocycles. The molecule has 2 unspecified atom stereocenters. The molecule has 2 aliphatic rings. The van der Waals surface area contributed by atoms with Crippen molar-refractivity contribution in [3.8, 4) is 11.8 Å². The minimum Gasteiger partial charge on any atom is -0.488 e. The summed E-state index contributed by atoms with van der Waals surface area (Å²) in [6.45, 7) is 2.24. The SMILES string of the molecule is N#Cc1ccc2c(c1)C(=CCCN1CCC(O)CC1c1ccc(Cl)cc1)c1ccccc1CO2. The third kappa shape index (κ3) is 4.74. The van der Waals surface area contributed by atoms with Crippen molar-refractivity contribution in [2.45, 2.75) is 38.0 Å². The van der Waals surface area contributed by atoms with E-state index in [1.54, 1.807) is 0 Å². The fourth-order valence-corrected chi connectivity index (χ4v) is 5.16. The quantitative estimate of drug-likeness (QED) is 0.498. The Bertz CT molecular complexity index is 1250. The highest BCUT2D eigenvalue weighted by atomic mass is 35.5. The molecule has 2 atom stereocenters. The van der Waals surface area contributed by atoms with Gasteiger partial charge in [-0.2, -0.15) is 5.26 Å². The first-order chi connectivity index (χ1) is 16.6. The van der Waals surface area contributed by atoms with Crippen molar-refractivity contribution in [1.82, 2.24) is 4.90 Å². The monoisotopic (exact) mass is 470 g/mol. The van der Waals surface area contributed by atoms with Crippen molar-refractivity contribution in [1.29, 1.82) is 5.26 Å². The fourth-order valence-electron chi connectivity index (χ4n) is 5.03. The van der Waals surface area contributed by atoms with Gasteiger partial charge in [-0.3, -0.25) is 4.90 Å². The number of nitrogens with zero attached hydrogens (tertiary/aromatic N) is 2. The van der Waals surface area contributed by atoms with Crippen molar-refractivity contribution in [3.63, 3.8) is 0 Å². The molecular weight excluding hydrogens is 444 g/mol. The molecule has 2 heterocycles. The third-order valence-corrected chi connectivity index (χ3v) is 7.05. The van der Waals surface area contributed by atoms with E-state index in [0.717, 1.165) is 65.4 Å². The Balaban J connectivity index is 1.44. The molecule has 0 amide bonds. The lowest BCUT2D eigenvalue weighted by Gasteiger charge is -2.38. The summed E-state index contributed by atoms with van der Waals surface area (Å²) in [5, 5.41) is 20.5. The number of piperidine rings is 1. The van der Waals surface area contributed by atoms with E-state index in [0.29, 0.717) is 12.2 Å². The van der Waals surface area contributed by atoms with Crippen LogP contribution in [0.2, 0.25) is 5.02 Å². The van der Waals surface area contributed by atoms with E-state index in [1.807, 2.05) is 36.4 Å². The summed E-state index contributed by atoms with van der Waals surface area (Å²) in [6, 6.07) is 24.3. The molecule has 34 heavy (non-hydrogen) atoms. The largest absolute Gasteiger partial charge is 0.488 e. The van der Waals surface area contributed by atoms with Gasteiger partial charge in [0.1, 0.15) is 12.4 Å². The zero-order valence-corrected chi connectivity index (χ0v) is 19.7. The molecule has 0 aliphatic carbocycles. The number of rotatable bonds is 4. The summed E-state index contributed by atoms with van der Waals surface area (Å²) < 4.78 is 6.10. The van der Waals surface area contributed by atoms with Crippen LogP contribution in [-0.2, 0) is 6.61 Å². The number of aliphatic hydroxyl groups is 1. The lowest BCUT2D eigenvalue weighted by Crippen LogP contribution is -2.39. The van der Waals surface area contributed by atoms with E-state index in [4.69, 9.17) is 16.3 Å². The normalized spacial score (nSPS) is 21.1. The predicted molar refractivity (Wildman–Crippen MR) is 135 cm³/mol. The Kier molecular flexibility index (Phi) is 6.69. The summed E-state index contributed by atoms with van der Waals surface area (Å²) in [7, 11) is 0. The first-order valence-electron chi connectivity index (χ1n) is 11.8. The zero-order chi connectivity index (χ0) is 23.5. The molecule has 4 nitrogen and oxygen atoms in total. The van der Waals surface area contributed by atoms with Crippen molar-refractivity contribution >= 4 is 17.2 Å². The van der Waals surface area contributed by atoms with E-state index < -0.39 is 0 Å². The lowest BCUT2D eigenvalue weighted by atomic mass is 9.91. The standard InChI is InChI=1S/C29H27ClN2O2/c30-23-10-8-21(9-11-23)28-17-24(33)13-15-32(28)14-3-6-26-25-5-2-1-4-22(25)19-34-29-12-7-20(18-31)16-27(26)29/h1-2,4-12,16,24,28,33H,3,13-15,17,19H2. The summed E-state index contributed by atoms with van der Waals surface area (Å²) in [4.78, 5) is 2.46. The molecule has 0 saturated carbocycles. The number of nitriles is 1. The molecule has 3 aromatic rings. The lowest BCUT2D eigenvalue weighted by molar-refractivity contribution is 0.0418. The van der Waals surface area contributed by atoms with Crippen LogP contribution in [-0.4, -0.2) is 29.2 Å². The molecule has 3 aromatic carbocycles. The topological polar surface area (TPSA) is 56.5 Å². The number of fused-ring (bicyclic) bond motifs is 2. The number of likely N-dealkylation sites (tertiary alicyclic amines) is 1. The molecule has 0 bridgehead atoms. The van der Waals surface area contributed by atoms with Crippen LogP contribution in [0, 0.1) is 11.3 Å². The molecule has 172 valence electrons. The predicted octanol–water partition coefficient (Wildman–Crippen LogP) is 6.12. The maximum Gasteiger partial charge on any atom is 0.127 e.